The van der Waals surface area contributed by atoms with Crippen molar-refractivity contribution in [2.75, 3.05) is 40.9 Å². The van der Waals surface area contributed by atoms with Crippen LogP contribution in [0.25, 0.3) is 0 Å². The first-order valence-corrected chi connectivity index (χ1v) is 15.8. The number of methoxy groups -OCH3 is 1. The predicted octanol–water partition coefficient (Wildman–Crippen LogP) is 4.52. The lowest BCUT2D eigenvalue weighted by Crippen LogP contribution is -2.42. The van der Waals surface area contributed by atoms with E-state index in [1.807, 2.05) is 34.0 Å². The fourth-order valence-corrected chi connectivity index (χ4v) is 8.51. The summed E-state index contributed by atoms with van der Waals surface area (Å²) in [6, 6.07) is 8.79. The van der Waals surface area contributed by atoms with Crippen LogP contribution in [0.3, 0.4) is 0 Å². The van der Waals surface area contributed by atoms with Crippen LogP contribution in [-0.2, 0) is 19.6 Å². The molecule has 10 heteroatoms. The highest BCUT2D eigenvalue weighted by atomic mass is 32.2. The molecule has 2 atom stereocenters. The average molecular weight is 590 g/mol. The molecule has 1 N–H and O–H groups in total. The van der Waals surface area contributed by atoms with Gasteiger partial charge in [-0.15, -0.1) is 0 Å². The number of sulfonamides is 1. The molecule has 2 aliphatic rings. The van der Waals surface area contributed by atoms with Crippen LogP contribution in [0.1, 0.15) is 60.4 Å². The molecule has 0 spiro atoms. The Morgan fingerprint density at radius 1 is 1.10 bits per heavy atom. The second kappa shape index (κ2) is 13.2. The molecule has 2 fully saturated rings. The molecule has 2 aromatic rings. The normalized spacial score (nSPS) is 22.6. The summed E-state index contributed by atoms with van der Waals surface area (Å²) >= 11 is 0. The predicted molar refractivity (Wildman–Crippen MR) is 157 cm³/mol. The lowest BCUT2D eigenvalue weighted by Gasteiger charge is -2.37. The number of nitrogens with zero attached hydrogens (tertiary/aromatic N) is 2. The molecule has 4 rings (SSSR count). The molecular weight excluding hydrogens is 545 g/mol. The minimum Gasteiger partial charge on any atom is -0.496 e. The zero-order chi connectivity index (χ0) is 29.9. The van der Waals surface area contributed by atoms with Crippen molar-refractivity contribution in [2.45, 2.75) is 76.0 Å². The lowest BCUT2D eigenvalue weighted by molar-refractivity contribution is -0.128. The third kappa shape index (κ3) is 7.10. The van der Waals surface area contributed by atoms with Gasteiger partial charge < -0.3 is 19.7 Å². The Kier molecular flexibility index (Phi) is 10.1. The van der Waals surface area contributed by atoms with Gasteiger partial charge in [0.15, 0.2) is 0 Å². The van der Waals surface area contributed by atoms with Gasteiger partial charge in [-0.3, -0.25) is 4.79 Å². The fraction of sp³-hybridized carbons (Fsp3) is 0.581. The van der Waals surface area contributed by atoms with Crippen molar-refractivity contribution in [2.24, 2.45) is 5.92 Å². The van der Waals surface area contributed by atoms with Gasteiger partial charge in [0.2, 0.25) is 15.9 Å². The summed E-state index contributed by atoms with van der Waals surface area (Å²) in [4.78, 5) is 15.2. The molecule has 1 saturated carbocycles. The van der Waals surface area contributed by atoms with Crippen LogP contribution in [-0.4, -0.2) is 76.6 Å². The summed E-state index contributed by atoms with van der Waals surface area (Å²) < 4.78 is 53.6. The largest absolute Gasteiger partial charge is 0.496 e. The molecule has 1 amide bonds. The minimum atomic E-state index is -3.71. The molecule has 1 saturated heterocycles. The zero-order valence-corrected chi connectivity index (χ0v) is 25.9. The van der Waals surface area contributed by atoms with Crippen LogP contribution in [0.2, 0.25) is 0 Å². The van der Waals surface area contributed by atoms with Gasteiger partial charge in [-0.2, -0.15) is 4.31 Å². The Morgan fingerprint density at radius 2 is 1.80 bits per heavy atom. The van der Waals surface area contributed by atoms with E-state index in [4.69, 9.17) is 9.47 Å². The van der Waals surface area contributed by atoms with E-state index >= 15 is 0 Å². The second-order valence-electron chi connectivity index (χ2n) is 11.7. The Labute approximate surface area is 244 Å². The summed E-state index contributed by atoms with van der Waals surface area (Å²) in [5.41, 5.74) is 3.13. The number of ether oxygens (including phenoxy) is 2. The van der Waals surface area contributed by atoms with E-state index in [9.17, 15) is 17.6 Å². The number of aryl methyl sites for hydroxylation is 1. The van der Waals surface area contributed by atoms with Crippen LogP contribution < -0.4 is 10.1 Å². The number of carbonyl (C=O) groups excluding carboxylic acids is 1. The SMILES string of the molecule is COc1cc(C)c(S(=O)(=O)N2CCC(OCC(=O)NC3CCC(C(c4cccc(F)c4)N(C)C)CC3)C2)c(C)c1C. The molecular formula is C31H44FN3O5S. The number of carbonyl (C=O) groups is 1. The molecule has 1 heterocycles. The van der Waals surface area contributed by atoms with Gasteiger partial charge in [-0.25, -0.2) is 12.8 Å². The summed E-state index contributed by atoms with van der Waals surface area (Å²) in [6.45, 7) is 5.92. The van der Waals surface area contributed by atoms with E-state index in [2.05, 4.69) is 10.2 Å². The monoisotopic (exact) mass is 589 g/mol. The van der Waals surface area contributed by atoms with Crippen molar-refractivity contribution < 1.29 is 27.1 Å². The topological polar surface area (TPSA) is 88.2 Å². The highest BCUT2D eigenvalue weighted by molar-refractivity contribution is 7.89. The number of nitrogens with one attached hydrogen (secondary N) is 1. The van der Waals surface area contributed by atoms with Crippen LogP contribution >= 0.6 is 0 Å². The molecule has 41 heavy (non-hydrogen) atoms. The van der Waals surface area contributed by atoms with E-state index in [0.717, 1.165) is 36.8 Å². The van der Waals surface area contributed by atoms with Crippen molar-refractivity contribution >= 4 is 15.9 Å². The second-order valence-corrected chi connectivity index (χ2v) is 13.6. The summed E-state index contributed by atoms with van der Waals surface area (Å²) in [5, 5.41) is 3.10. The average Bonchev–Trinajstić information content (AvgIpc) is 3.41. The number of benzene rings is 2. The van der Waals surface area contributed by atoms with Crippen LogP contribution in [0, 0.1) is 32.5 Å². The first kappa shape index (κ1) is 31.4. The number of hydrogen-bond acceptors (Lipinski definition) is 6. The zero-order valence-electron chi connectivity index (χ0n) is 25.1. The molecule has 2 unspecified atom stereocenters. The van der Waals surface area contributed by atoms with Crippen LogP contribution in [0.5, 0.6) is 5.75 Å². The highest BCUT2D eigenvalue weighted by Gasteiger charge is 2.36. The first-order valence-electron chi connectivity index (χ1n) is 14.4. The Morgan fingerprint density at radius 3 is 2.44 bits per heavy atom. The summed E-state index contributed by atoms with van der Waals surface area (Å²) in [7, 11) is 1.92. The van der Waals surface area contributed by atoms with E-state index < -0.39 is 10.0 Å². The standard InChI is InChI=1S/C31H44FN3O5S/c1-20-16-28(39-6)21(2)22(3)31(20)41(37,38)35-15-14-27(18-35)40-19-29(36)33-26-12-10-23(11-13-26)30(34(4)5)24-8-7-9-25(32)17-24/h7-9,16-17,23,26-27,30H,10-15,18-19H2,1-6H3,(H,33,36). The van der Waals surface area contributed by atoms with Gasteiger partial charge in [0, 0.05) is 25.2 Å². The number of hydrogen-bond donors (Lipinski definition) is 1. The van der Waals surface area contributed by atoms with Crippen LogP contribution in [0.15, 0.2) is 35.2 Å². The molecule has 0 aromatic heterocycles. The summed E-state index contributed by atoms with van der Waals surface area (Å²) in [6.07, 6.45) is 3.78. The van der Waals surface area contributed by atoms with Gasteiger partial charge in [0.25, 0.3) is 0 Å². The Bertz CT molecular complexity index is 1340. The third-order valence-electron chi connectivity index (χ3n) is 8.68. The molecule has 226 valence electrons. The molecule has 0 radical (unpaired) electrons. The maximum Gasteiger partial charge on any atom is 0.246 e. The van der Waals surface area contributed by atoms with Crippen molar-refractivity contribution in [3.63, 3.8) is 0 Å². The van der Waals surface area contributed by atoms with E-state index in [0.29, 0.717) is 40.7 Å². The molecule has 1 aliphatic heterocycles. The molecule has 0 bridgehead atoms. The Hall–Kier alpha value is -2.53. The number of amides is 1. The Balaban J connectivity index is 1.26. The molecule has 2 aromatic carbocycles. The third-order valence-corrected chi connectivity index (χ3v) is 10.8. The smallest absolute Gasteiger partial charge is 0.246 e. The maximum atomic E-state index is 13.9. The quantitative estimate of drug-likeness (QED) is 0.439. The molecule has 1 aliphatic carbocycles. The van der Waals surface area contributed by atoms with Gasteiger partial charge >= 0.3 is 0 Å². The summed E-state index contributed by atoms with van der Waals surface area (Å²) in [5.74, 6) is 0.649. The lowest BCUT2D eigenvalue weighted by atomic mass is 9.78. The number of halogens is 1. The van der Waals surface area contributed by atoms with Crippen molar-refractivity contribution in [3.05, 3.63) is 58.4 Å². The maximum absolute atomic E-state index is 13.9. The van der Waals surface area contributed by atoms with Gasteiger partial charge in [0.05, 0.1) is 18.1 Å². The van der Waals surface area contributed by atoms with Crippen molar-refractivity contribution in [1.29, 1.82) is 0 Å². The van der Waals surface area contributed by atoms with Crippen LogP contribution in [0.4, 0.5) is 4.39 Å². The molecule has 8 nitrogen and oxygen atoms in total. The number of rotatable bonds is 10. The highest BCUT2D eigenvalue weighted by Crippen LogP contribution is 2.38. The van der Waals surface area contributed by atoms with Gasteiger partial charge in [0.1, 0.15) is 18.2 Å². The van der Waals surface area contributed by atoms with Crippen molar-refractivity contribution in [1.82, 2.24) is 14.5 Å². The van der Waals surface area contributed by atoms with E-state index in [-0.39, 0.29) is 43.1 Å². The van der Waals surface area contributed by atoms with Gasteiger partial charge in [-0.05, 0) is 113 Å². The first-order chi connectivity index (χ1) is 19.4. The van der Waals surface area contributed by atoms with E-state index in [1.165, 1.54) is 10.4 Å². The minimum absolute atomic E-state index is 0.0717. The van der Waals surface area contributed by atoms with Crippen molar-refractivity contribution in [3.8, 4) is 5.75 Å². The fourth-order valence-electron chi connectivity index (χ4n) is 6.54. The van der Waals surface area contributed by atoms with Gasteiger partial charge in [-0.1, -0.05) is 12.1 Å². The van der Waals surface area contributed by atoms with E-state index in [1.54, 1.807) is 32.2 Å².